The first-order valence-electron chi connectivity index (χ1n) is 8.75. The van der Waals surface area contributed by atoms with E-state index in [1.807, 2.05) is 66.7 Å². The Labute approximate surface area is 167 Å². The van der Waals surface area contributed by atoms with Crippen LogP contribution in [0.1, 0.15) is 15.9 Å². The molecule has 4 aromatic rings. The molecule has 4 nitrogen and oxygen atoms in total. The number of hydrazone groups is 1. The molecule has 1 amide bonds. The first-order valence-corrected chi connectivity index (χ1v) is 9.13. The Morgan fingerprint density at radius 2 is 1.71 bits per heavy atom. The van der Waals surface area contributed by atoms with Crippen molar-refractivity contribution in [3.05, 3.63) is 101 Å². The summed E-state index contributed by atoms with van der Waals surface area (Å²) in [7, 11) is 0. The molecule has 28 heavy (non-hydrogen) atoms. The Kier molecular flexibility index (Phi) is 5.13. The van der Waals surface area contributed by atoms with Crippen LogP contribution < -0.4 is 5.43 Å². The molecule has 0 saturated carbocycles. The van der Waals surface area contributed by atoms with Crippen LogP contribution in [0.2, 0.25) is 5.02 Å². The van der Waals surface area contributed by atoms with Crippen molar-refractivity contribution in [1.82, 2.24) is 10.4 Å². The van der Waals surface area contributed by atoms with E-state index >= 15 is 0 Å². The second-order valence-electron chi connectivity index (χ2n) is 6.19. The van der Waals surface area contributed by atoms with Gasteiger partial charge in [0.2, 0.25) is 0 Å². The van der Waals surface area contributed by atoms with Gasteiger partial charge in [-0.05, 0) is 29.8 Å². The van der Waals surface area contributed by atoms with E-state index in [0.717, 1.165) is 27.7 Å². The standard InChI is InChI=1S/C23H16ClN3O/c24-18-10-6-7-16(13-18)15-25-27-23(28)20-14-22(17-8-2-1-3-9-17)26-21-12-5-4-11-19(20)21/h1-15H,(H,27,28)/b25-15+. The fourth-order valence-electron chi connectivity index (χ4n) is 2.93. The molecular weight excluding hydrogens is 370 g/mol. The molecule has 0 fully saturated rings. The van der Waals surface area contributed by atoms with E-state index in [1.54, 1.807) is 24.4 Å². The number of nitrogens with zero attached hydrogens (tertiary/aromatic N) is 2. The summed E-state index contributed by atoms with van der Waals surface area (Å²) in [4.78, 5) is 17.5. The maximum atomic E-state index is 12.8. The average Bonchev–Trinajstić information content (AvgIpc) is 2.73. The Morgan fingerprint density at radius 1 is 0.929 bits per heavy atom. The third kappa shape index (κ3) is 3.92. The van der Waals surface area contributed by atoms with Crippen molar-refractivity contribution in [3.63, 3.8) is 0 Å². The summed E-state index contributed by atoms with van der Waals surface area (Å²) in [5, 5.41) is 5.45. The topological polar surface area (TPSA) is 54.4 Å². The zero-order valence-electron chi connectivity index (χ0n) is 14.8. The van der Waals surface area contributed by atoms with E-state index < -0.39 is 0 Å². The summed E-state index contributed by atoms with van der Waals surface area (Å²) in [6, 6.07) is 26.4. The zero-order chi connectivity index (χ0) is 19.3. The highest BCUT2D eigenvalue weighted by Gasteiger charge is 2.13. The van der Waals surface area contributed by atoms with E-state index in [1.165, 1.54) is 0 Å². The molecule has 0 spiro atoms. The molecule has 0 aliphatic rings. The Morgan fingerprint density at radius 3 is 2.54 bits per heavy atom. The molecule has 0 radical (unpaired) electrons. The Balaban J connectivity index is 1.67. The third-order valence-corrected chi connectivity index (χ3v) is 4.49. The maximum Gasteiger partial charge on any atom is 0.272 e. The van der Waals surface area contributed by atoms with Gasteiger partial charge in [-0.1, -0.05) is 72.3 Å². The van der Waals surface area contributed by atoms with Crippen LogP contribution in [0.5, 0.6) is 0 Å². The number of hydrogen-bond acceptors (Lipinski definition) is 3. The molecule has 0 aliphatic carbocycles. The molecule has 1 aromatic heterocycles. The number of pyridine rings is 1. The molecule has 0 aliphatic heterocycles. The second-order valence-corrected chi connectivity index (χ2v) is 6.63. The maximum absolute atomic E-state index is 12.8. The van der Waals surface area contributed by atoms with Gasteiger partial charge in [0.05, 0.1) is 23.0 Å². The van der Waals surface area contributed by atoms with Crippen LogP contribution in [-0.4, -0.2) is 17.1 Å². The predicted octanol–water partition coefficient (Wildman–Crippen LogP) is 5.32. The van der Waals surface area contributed by atoms with Gasteiger partial charge in [0, 0.05) is 16.0 Å². The molecular formula is C23H16ClN3O. The van der Waals surface area contributed by atoms with Crippen LogP contribution in [0.3, 0.4) is 0 Å². The molecule has 1 heterocycles. The lowest BCUT2D eigenvalue weighted by atomic mass is 10.0. The normalized spacial score (nSPS) is 11.0. The first kappa shape index (κ1) is 17.9. The highest BCUT2D eigenvalue weighted by molar-refractivity contribution is 6.30. The van der Waals surface area contributed by atoms with Gasteiger partial charge in [-0.15, -0.1) is 0 Å². The predicted molar refractivity (Wildman–Crippen MR) is 114 cm³/mol. The monoisotopic (exact) mass is 385 g/mol. The summed E-state index contributed by atoms with van der Waals surface area (Å²) < 4.78 is 0. The highest BCUT2D eigenvalue weighted by atomic mass is 35.5. The number of halogens is 1. The van der Waals surface area contributed by atoms with Crippen molar-refractivity contribution in [2.45, 2.75) is 0 Å². The number of rotatable bonds is 4. The third-order valence-electron chi connectivity index (χ3n) is 4.26. The van der Waals surface area contributed by atoms with Crippen LogP contribution in [0, 0.1) is 0 Å². The van der Waals surface area contributed by atoms with E-state index in [0.29, 0.717) is 10.6 Å². The van der Waals surface area contributed by atoms with Crippen LogP contribution >= 0.6 is 11.6 Å². The van der Waals surface area contributed by atoms with E-state index in [4.69, 9.17) is 16.6 Å². The van der Waals surface area contributed by atoms with Crippen molar-refractivity contribution in [1.29, 1.82) is 0 Å². The summed E-state index contributed by atoms with van der Waals surface area (Å²) >= 11 is 5.97. The molecule has 5 heteroatoms. The molecule has 0 atom stereocenters. The number of hydrogen-bond donors (Lipinski definition) is 1. The van der Waals surface area contributed by atoms with Crippen molar-refractivity contribution in [2.24, 2.45) is 5.10 Å². The SMILES string of the molecule is O=C(N/N=C/c1cccc(Cl)c1)c1cc(-c2ccccc2)nc2ccccc12. The lowest BCUT2D eigenvalue weighted by molar-refractivity contribution is 0.0957. The van der Waals surface area contributed by atoms with Gasteiger partial charge in [-0.25, -0.2) is 10.4 Å². The fraction of sp³-hybridized carbons (Fsp3) is 0. The van der Waals surface area contributed by atoms with Gasteiger partial charge in [0.15, 0.2) is 0 Å². The molecule has 4 rings (SSSR count). The Bertz CT molecular complexity index is 1170. The van der Waals surface area contributed by atoms with Crippen LogP contribution in [-0.2, 0) is 0 Å². The molecule has 136 valence electrons. The molecule has 1 N–H and O–H groups in total. The summed E-state index contributed by atoms with van der Waals surface area (Å²) in [6.45, 7) is 0. The average molecular weight is 386 g/mol. The van der Waals surface area contributed by atoms with Gasteiger partial charge in [-0.3, -0.25) is 4.79 Å². The molecule has 3 aromatic carbocycles. The second kappa shape index (κ2) is 8.03. The number of nitrogens with one attached hydrogen (secondary N) is 1. The lowest BCUT2D eigenvalue weighted by Gasteiger charge is -2.09. The van der Waals surface area contributed by atoms with E-state index in [9.17, 15) is 4.79 Å². The minimum Gasteiger partial charge on any atom is -0.267 e. The zero-order valence-corrected chi connectivity index (χ0v) is 15.6. The summed E-state index contributed by atoms with van der Waals surface area (Å²) in [6.07, 6.45) is 1.56. The molecule has 0 saturated heterocycles. The van der Waals surface area contributed by atoms with Crippen LogP contribution in [0.15, 0.2) is 90.0 Å². The largest absolute Gasteiger partial charge is 0.272 e. The van der Waals surface area contributed by atoms with Gasteiger partial charge in [0.1, 0.15) is 0 Å². The van der Waals surface area contributed by atoms with Gasteiger partial charge in [-0.2, -0.15) is 5.10 Å². The van der Waals surface area contributed by atoms with E-state index in [-0.39, 0.29) is 5.91 Å². The minimum absolute atomic E-state index is 0.297. The quantitative estimate of drug-likeness (QED) is 0.382. The number of aromatic nitrogens is 1. The minimum atomic E-state index is -0.297. The summed E-state index contributed by atoms with van der Waals surface area (Å²) in [5.41, 5.74) is 6.37. The summed E-state index contributed by atoms with van der Waals surface area (Å²) in [5.74, 6) is -0.297. The van der Waals surface area contributed by atoms with Gasteiger partial charge >= 0.3 is 0 Å². The number of amides is 1. The smallest absolute Gasteiger partial charge is 0.267 e. The van der Waals surface area contributed by atoms with Crippen molar-refractivity contribution in [3.8, 4) is 11.3 Å². The number of fused-ring (bicyclic) bond motifs is 1. The number of benzene rings is 3. The molecule has 0 unspecified atom stereocenters. The van der Waals surface area contributed by atoms with Crippen LogP contribution in [0.4, 0.5) is 0 Å². The molecule has 0 bridgehead atoms. The highest BCUT2D eigenvalue weighted by Crippen LogP contribution is 2.24. The van der Waals surface area contributed by atoms with Gasteiger partial charge in [0.25, 0.3) is 5.91 Å². The van der Waals surface area contributed by atoms with Crippen molar-refractivity contribution in [2.75, 3.05) is 0 Å². The Hall–Kier alpha value is -3.50. The van der Waals surface area contributed by atoms with Crippen LogP contribution in [0.25, 0.3) is 22.2 Å². The van der Waals surface area contributed by atoms with Crippen molar-refractivity contribution < 1.29 is 4.79 Å². The fourth-order valence-corrected chi connectivity index (χ4v) is 3.13. The van der Waals surface area contributed by atoms with Gasteiger partial charge < -0.3 is 0 Å². The number of carbonyl (C=O) groups is 1. The number of para-hydroxylation sites is 1. The lowest BCUT2D eigenvalue weighted by Crippen LogP contribution is -2.18. The van der Waals surface area contributed by atoms with E-state index in [2.05, 4.69) is 10.5 Å². The van der Waals surface area contributed by atoms with Crippen molar-refractivity contribution >= 4 is 34.6 Å². The first-order chi connectivity index (χ1) is 13.7. The number of carbonyl (C=O) groups excluding carboxylic acids is 1.